The number of halogens is 4. The Balaban J connectivity index is 1.50. The fourth-order valence-corrected chi connectivity index (χ4v) is 3.37. The second-order valence-electron chi connectivity index (χ2n) is 5.84. The molecule has 0 radical (unpaired) electrons. The van der Waals surface area contributed by atoms with E-state index < -0.39 is 11.7 Å². The van der Waals surface area contributed by atoms with Crippen LogP contribution in [0, 0.1) is 0 Å². The van der Waals surface area contributed by atoms with Gasteiger partial charge in [0.15, 0.2) is 11.0 Å². The smallest absolute Gasteiger partial charge is 0.378 e. The lowest BCUT2D eigenvalue weighted by molar-refractivity contribution is -0.137. The molecular weight excluding hydrogens is 409 g/mol. The molecule has 0 saturated heterocycles. The summed E-state index contributed by atoms with van der Waals surface area (Å²) in [4.78, 5) is 12.7. The number of hydrogen-bond donors (Lipinski definition) is 1. The highest BCUT2D eigenvalue weighted by molar-refractivity contribution is 7.99. The minimum absolute atomic E-state index is 0.426. The van der Waals surface area contributed by atoms with Crippen molar-refractivity contribution in [3.8, 4) is 0 Å². The first-order valence-corrected chi connectivity index (χ1v) is 9.73. The van der Waals surface area contributed by atoms with Crippen LogP contribution in [0.4, 0.5) is 18.9 Å². The van der Waals surface area contributed by atoms with Gasteiger partial charge in [0, 0.05) is 16.5 Å². The lowest BCUT2D eigenvalue weighted by Crippen LogP contribution is -2.06. The molecule has 0 fully saturated rings. The number of rotatable bonds is 7. The molecule has 0 aliphatic carbocycles. The van der Waals surface area contributed by atoms with Crippen molar-refractivity contribution < 1.29 is 13.2 Å². The normalized spacial score (nSPS) is 11.4. The van der Waals surface area contributed by atoms with Crippen molar-refractivity contribution in [1.29, 1.82) is 0 Å². The summed E-state index contributed by atoms with van der Waals surface area (Å²) in [6, 6.07) is 12.5. The van der Waals surface area contributed by atoms with E-state index in [1.54, 1.807) is 6.07 Å². The number of aromatic nitrogens is 3. The SMILES string of the molecule is FC(F)(F)c1ccc(CCSc2ncnc(CNc3cccc(Cl)c3)n2)cc1. The zero-order valence-electron chi connectivity index (χ0n) is 14.6. The number of hydrogen-bond acceptors (Lipinski definition) is 5. The van der Waals surface area contributed by atoms with E-state index in [1.165, 1.54) is 30.2 Å². The number of alkyl halides is 3. The molecule has 1 heterocycles. The predicted molar refractivity (Wildman–Crippen MR) is 104 cm³/mol. The summed E-state index contributed by atoms with van der Waals surface area (Å²) in [7, 11) is 0. The molecule has 0 amide bonds. The van der Waals surface area contributed by atoms with Crippen molar-refractivity contribution >= 4 is 29.1 Å². The fourth-order valence-electron chi connectivity index (χ4n) is 2.37. The van der Waals surface area contributed by atoms with Crippen LogP contribution in [-0.4, -0.2) is 20.7 Å². The molecule has 3 rings (SSSR count). The van der Waals surface area contributed by atoms with Crippen LogP contribution in [0.5, 0.6) is 0 Å². The fraction of sp³-hybridized carbons (Fsp3) is 0.211. The van der Waals surface area contributed by atoms with Gasteiger partial charge in [-0.2, -0.15) is 13.2 Å². The molecule has 0 saturated carbocycles. The van der Waals surface area contributed by atoms with E-state index in [-0.39, 0.29) is 0 Å². The Kier molecular flexibility index (Phi) is 6.74. The maximum absolute atomic E-state index is 12.6. The molecule has 1 N–H and O–H groups in total. The van der Waals surface area contributed by atoms with E-state index in [1.807, 2.05) is 18.2 Å². The van der Waals surface area contributed by atoms with Crippen LogP contribution in [0.1, 0.15) is 17.0 Å². The van der Waals surface area contributed by atoms with Crippen LogP contribution in [-0.2, 0) is 19.1 Å². The van der Waals surface area contributed by atoms with E-state index in [2.05, 4.69) is 20.3 Å². The van der Waals surface area contributed by atoms with Crippen LogP contribution in [0.15, 0.2) is 60.0 Å². The van der Waals surface area contributed by atoms with Gasteiger partial charge in [0.1, 0.15) is 6.33 Å². The molecule has 3 aromatic rings. The maximum atomic E-state index is 12.6. The third-order valence-electron chi connectivity index (χ3n) is 3.78. The lowest BCUT2D eigenvalue weighted by atomic mass is 10.1. The Morgan fingerprint density at radius 2 is 1.82 bits per heavy atom. The Hall–Kier alpha value is -2.32. The Bertz CT molecular complexity index is 920. The van der Waals surface area contributed by atoms with Crippen molar-refractivity contribution in [2.75, 3.05) is 11.1 Å². The number of anilines is 1. The Morgan fingerprint density at radius 3 is 2.54 bits per heavy atom. The molecule has 2 aromatic carbocycles. The van der Waals surface area contributed by atoms with E-state index in [0.29, 0.717) is 34.7 Å². The molecule has 0 bridgehead atoms. The van der Waals surface area contributed by atoms with Crippen molar-refractivity contribution in [1.82, 2.24) is 15.0 Å². The van der Waals surface area contributed by atoms with Gasteiger partial charge >= 0.3 is 6.18 Å². The Morgan fingerprint density at radius 1 is 1.04 bits per heavy atom. The summed E-state index contributed by atoms with van der Waals surface area (Å²) in [6.07, 6.45) is -2.25. The van der Waals surface area contributed by atoms with E-state index in [9.17, 15) is 13.2 Å². The first-order chi connectivity index (χ1) is 13.4. The number of thioether (sulfide) groups is 1. The molecule has 0 aliphatic heterocycles. The molecule has 146 valence electrons. The highest BCUT2D eigenvalue weighted by atomic mass is 35.5. The van der Waals surface area contributed by atoms with Crippen LogP contribution >= 0.6 is 23.4 Å². The average Bonchev–Trinajstić information content (AvgIpc) is 2.67. The van der Waals surface area contributed by atoms with E-state index >= 15 is 0 Å². The standard InChI is InChI=1S/C19H16ClF3N4S/c20-15-2-1-3-16(10-15)24-11-17-25-12-26-18(27-17)28-9-8-13-4-6-14(7-5-13)19(21,22)23/h1-7,10,12,24H,8-9,11H2. The van der Waals surface area contributed by atoms with Gasteiger partial charge in [-0.15, -0.1) is 0 Å². The van der Waals surface area contributed by atoms with Crippen molar-refractivity contribution in [2.45, 2.75) is 24.3 Å². The summed E-state index contributed by atoms with van der Waals surface area (Å²) in [5.74, 6) is 1.24. The minimum Gasteiger partial charge on any atom is -0.378 e. The molecule has 0 unspecified atom stereocenters. The van der Waals surface area contributed by atoms with E-state index in [0.717, 1.165) is 23.4 Å². The molecule has 9 heteroatoms. The highest BCUT2D eigenvalue weighted by Gasteiger charge is 2.29. The topological polar surface area (TPSA) is 50.7 Å². The molecule has 0 atom stereocenters. The first-order valence-electron chi connectivity index (χ1n) is 8.36. The molecule has 0 spiro atoms. The monoisotopic (exact) mass is 424 g/mol. The highest BCUT2D eigenvalue weighted by Crippen LogP contribution is 2.29. The minimum atomic E-state index is -4.31. The molecular formula is C19H16ClF3N4S. The van der Waals surface area contributed by atoms with Gasteiger partial charge < -0.3 is 5.32 Å². The summed E-state index contributed by atoms with van der Waals surface area (Å²) < 4.78 is 37.8. The summed E-state index contributed by atoms with van der Waals surface area (Å²) >= 11 is 7.38. The second kappa shape index (κ2) is 9.25. The maximum Gasteiger partial charge on any atom is 0.416 e. The van der Waals surface area contributed by atoms with Crippen molar-refractivity contribution in [3.63, 3.8) is 0 Å². The lowest BCUT2D eigenvalue weighted by Gasteiger charge is -2.08. The van der Waals surface area contributed by atoms with Gasteiger partial charge in [0.25, 0.3) is 0 Å². The number of aryl methyl sites for hydroxylation is 1. The number of nitrogens with zero attached hydrogens (tertiary/aromatic N) is 3. The third kappa shape index (κ3) is 6.10. The first kappa shape index (κ1) is 20.4. The second-order valence-corrected chi connectivity index (χ2v) is 7.34. The van der Waals surface area contributed by atoms with Crippen LogP contribution < -0.4 is 5.32 Å². The quantitative estimate of drug-likeness (QED) is 0.508. The van der Waals surface area contributed by atoms with Crippen molar-refractivity contribution in [2.24, 2.45) is 0 Å². The average molecular weight is 425 g/mol. The molecule has 0 aliphatic rings. The van der Waals surface area contributed by atoms with Gasteiger partial charge in [0.2, 0.25) is 0 Å². The Labute approximate surface area is 169 Å². The van der Waals surface area contributed by atoms with Gasteiger partial charge in [-0.1, -0.05) is 41.6 Å². The zero-order valence-corrected chi connectivity index (χ0v) is 16.2. The van der Waals surface area contributed by atoms with Crippen LogP contribution in [0.25, 0.3) is 0 Å². The molecule has 1 aromatic heterocycles. The van der Waals surface area contributed by atoms with Gasteiger partial charge in [0.05, 0.1) is 12.1 Å². The number of benzene rings is 2. The van der Waals surface area contributed by atoms with Crippen LogP contribution in [0.2, 0.25) is 5.02 Å². The molecule has 28 heavy (non-hydrogen) atoms. The zero-order chi connectivity index (χ0) is 20.0. The predicted octanol–water partition coefficient (Wildman–Crippen LogP) is 5.49. The number of nitrogens with one attached hydrogen (secondary N) is 1. The van der Waals surface area contributed by atoms with Crippen LogP contribution in [0.3, 0.4) is 0 Å². The van der Waals surface area contributed by atoms with Gasteiger partial charge in [-0.25, -0.2) is 15.0 Å². The largest absolute Gasteiger partial charge is 0.416 e. The summed E-state index contributed by atoms with van der Waals surface area (Å²) in [5, 5.41) is 4.40. The summed E-state index contributed by atoms with van der Waals surface area (Å²) in [5.41, 5.74) is 1.06. The van der Waals surface area contributed by atoms with E-state index in [4.69, 9.17) is 11.6 Å². The summed E-state index contributed by atoms with van der Waals surface area (Å²) in [6.45, 7) is 0.426. The van der Waals surface area contributed by atoms with Crippen molar-refractivity contribution in [3.05, 3.63) is 76.8 Å². The third-order valence-corrected chi connectivity index (χ3v) is 4.88. The molecule has 4 nitrogen and oxygen atoms in total. The van der Waals surface area contributed by atoms with Gasteiger partial charge in [-0.05, 0) is 42.3 Å². The van der Waals surface area contributed by atoms with Gasteiger partial charge in [-0.3, -0.25) is 0 Å².